The van der Waals surface area contributed by atoms with E-state index in [0.717, 1.165) is 6.07 Å². The van der Waals surface area contributed by atoms with Crippen LogP contribution < -0.4 is 4.74 Å². The number of nitro groups is 1. The maximum atomic E-state index is 11.1. The summed E-state index contributed by atoms with van der Waals surface area (Å²) in [6.45, 7) is 0. The maximum Gasteiger partial charge on any atom is 0.342 e. The van der Waals surface area contributed by atoms with Crippen LogP contribution in [0.4, 0.5) is 5.69 Å². The first-order chi connectivity index (χ1) is 9.90. The predicted octanol–water partition coefficient (Wildman–Crippen LogP) is 4.39. The Kier molecular flexibility index (Phi) is 4.30. The molecule has 0 aromatic heterocycles. The topological polar surface area (TPSA) is 89.7 Å². The molecule has 108 valence electrons. The van der Waals surface area contributed by atoms with Crippen molar-refractivity contribution in [1.82, 2.24) is 0 Å². The van der Waals surface area contributed by atoms with Crippen molar-refractivity contribution in [3.63, 3.8) is 0 Å². The number of hydrogen-bond donors (Lipinski definition) is 1. The van der Waals surface area contributed by atoms with Gasteiger partial charge in [0.25, 0.3) is 0 Å². The SMILES string of the molecule is O=C(O)c1cccc(Oc2cc(Cl)ccc2Cl)c1[N+](=O)[O-]. The molecule has 1 N–H and O–H groups in total. The van der Waals surface area contributed by atoms with Crippen molar-refractivity contribution in [2.45, 2.75) is 0 Å². The number of nitrogens with zero attached hydrogens (tertiary/aromatic N) is 1. The van der Waals surface area contributed by atoms with E-state index >= 15 is 0 Å². The van der Waals surface area contributed by atoms with Gasteiger partial charge in [-0.15, -0.1) is 0 Å². The summed E-state index contributed by atoms with van der Waals surface area (Å²) in [6, 6.07) is 8.10. The lowest BCUT2D eigenvalue weighted by Gasteiger charge is -2.09. The molecule has 0 unspecified atom stereocenters. The van der Waals surface area contributed by atoms with Gasteiger partial charge in [0.15, 0.2) is 0 Å². The van der Waals surface area contributed by atoms with Crippen molar-refractivity contribution in [3.8, 4) is 11.5 Å². The number of rotatable bonds is 4. The highest BCUT2D eigenvalue weighted by Crippen LogP contribution is 2.37. The highest BCUT2D eigenvalue weighted by Gasteiger charge is 2.26. The van der Waals surface area contributed by atoms with Crippen LogP contribution in [0.3, 0.4) is 0 Å². The summed E-state index contributed by atoms with van der Waals surface area (Å²) in [7, 11) is 0. The summed E-state index contributed by atoms with van der Waals surface area (Å²) in [5, 5.41) is 20.6. The summed E-state index contributed by atoms with van der Waals surface area (Å²) in [5.41, 5.74) is -1.13. The summed E-state index contributed by atoms with van der Waals surface area (Å²) >= 11 is 11.7. The minimum absolute atomic E-state index is 0.0924. The van der Waals surface area contributed by atoms with Crippen molar-refractivity contribution >= 4 is 34.9 Å². The molecule has 2 aromatic carbocycles. The Bertz CT molecular complexity index is 732. The number of ether oxygens (including phenoxy) is 1. The molecule has 0 amide bonds. The molecule has 6 nitrogen and oxygen atoms in total. The maximum absolute atomic E-state index is 11.1. The molecule has 8 heteroatoms. The highest BCUT2D eigenvalue weighted by molar-refractivity contribution is 6.34. The molecule has 0 spiro atoms. The Morgan fingerprint density at radius 1 is 1.19 bits per heavy atom. The first-order valence-electron chi connectivity index (χ1n) is 5.53. The Labute approximate surface area is 128 Å². The smallest absolute Gasteiger partial charge is 0.342 e. The van der Waals surface area contributed by atoms with E-state index in [4.69, 9.17) is 33.0 Å². The fraction of sp³-hybridized carbons (Fsp3) is 0. The lowest BCUT2D eigenvalue weighted by molar-refractivity contribution is -0.386. The number of carbonyl (C=O) groups is 1. The normalized spacial score (nSPS) is 10.2. The van der Waals surface area contributed by atoms with Crippen LogP contribution in [-0.4, -0.2) is 16.0 Å². The largest absolute Gasteiger partial charge is 0.477 e. The number of carboxylic acid groups (broad SMARTS) is 1. The summed E-state index contributed by atoms with van der Waals surface area (Å²) < 4.78 is 5.35. The molecule has 0 saturated carbocycles. The monoisotopic (exact) mass is 327 g/mol. The number of halogens is 2. The van der Waals surface area contributed by atoms with Gasteiger partial charge >= 0.3 is 11.7 Å². The predicted molar refractivity (Wildman–Crippen MR) is 76.6 cm³/mol. The number of benzene rings is 2. The van der Waals surface area contributed by atoms with Gasteiger partial charge in [0.1, 0.15) is 11.3 Å². The third kappa shape index (κ3) is 3.24. The summed E-state index contributed by atoms with van der Waals surface area (Å²) in [6.07, 6.45) is 0. The molecular formula is C13H7Cl2NO5. The molecule has 0 atom stereocenters. The van der Waals surface area contributed by atoms with Crippen LogP contribution in [0, 0.1) is 10.1 Å². The van der Waals surface area contributed by atoms with E-state index in [0.29, 0.717) is 5.02 Å². The highest BCUT2D eigenvalue weighted by atomic mass is 35.5. The molecule has 0 aliphatic heterocycles. The van der Waals surface area contributed by atoms with E-state index < -0.39 is 22.1 Å². The van der Waals surface area contributed by atoms with Crippen molar-refractivity contribution < 1.29 is 19.6 Å². The van der Waals surface area contributed by atoms with E-state index in [-0.39, 0.29) is 16.5 Å². The van der Waals surface area contributed by atoms with Gasteiger partial charge in [-0.2, -0.15) is 0 Å². The Hall–Kier alpha value is -2.31. The fourth-order valence-corrected chi connectivity index (χ4v) is 1.96. The average Bonchev–Trinajstić information content (AvgIpc) is 2.42. The Balaban J connectivity index is 2.54. The zero-order valence-electron chi connectivity index (χ0n) is 10.2. The standard InChI is InChI=1S/C13H7Cl2NO5/c14-7-4-5-9(15)11(6-7)21-10-3-1-2-8(13(17)18)12(10)16(19)20/h1-6H,(H,17,18). The van der Waals surface area contributed by atoms with Crippen LogP contribution in [0.5, 0.6) is 11.5 Å². The van der Waals surface area contributed by atoms with Gasteiger partial charge in [-0.25, -0.2) is 4.79 Å². The zero-order valence-corrected chi connectivity index (χ0v) is 11.8. The number of nitro benzene ring substituents is 1. The molecule has 0 heterocycles. The van der Waals surface area contributed by atoms with Crippen LogP contribution >= 0.6 is 23.2 Å². The van der Waals surface area contributed by atoms with E-state index in [1.165, 1.54) is 30.3 Å². The molecule has 0 radical (unpaired) electrons. The minimum atomic E-state index is -1.43. The molecule has 0 saturated heterocycles. The van der Waals surface area contributed by atoms with E-state index in [9.17, 15) is 14.9 Å². The lowest BCUT2D eigenvalue weighted by Crippen LogP contribution is -2.04. The van der Waals surface area contributed by atoms with Gasteiger partial charge < -0.3 is 9.84 Å². The Morgan fingerprint density at radius 3 is 2.52 bits per heavy atom. The van der Waals surface area contributed by atoms with Gasteiger partial charge in [-0.3, -0.25) is 10.1 Å². The number of aromatic carboxylic acids is 1. The molecule has 0 aliphatic carbocycles. The molecule has 0 aliphatic rings. The quantitative estimate of drug-likeness (QED) is 0.664. The van der Waals surface area contributed by atoms with Crippen molar-refractivity contribution in [1.29, 1.82) is 0 Å². The van der Waals surface area contributed by atoms with Gasteiger partial charge in [0.2, 0.25) is 5.75 Å². The molecule has 0 bridgehead atoms. The van der Waals surface area contributed by atoms with Crippen LogP contribution in [0.2, 0.25) is 10.0 Å². The second kappa shape index (κ2) is 5.99. The van der Waals surface area contributed by atoms with Crippen LogP contribution in [0.15, 0.2) is 36.4 Å². The second-order valence-corrected chi connectivity index (χ2v) is 4.74. The molecule has 2 aromatic rings. The van der Waals surface area contributed by atoms with Gasteiger partial charge in [0, 0.05) is 11.1 Å². The van der Waals surface area contributed by atoms with Crippen LogP contribution in [-0.2, 0) is 0 Å². The first-order valence-corrected chi connectivity index (χ1v) is 6.29. The van der Waals surface area contributed by atoms with E-state index in [1.807, 2.05) is 0 Å². The third-order valence-electron chi connectivity index (χ3n) is 2.53. The van der Waals surface area contributed by atoms with Gasteiger partial charge in [-0.1, -0.05) is 29.3 Å². The fourth-order valence-electron chi connectivity index (χ4n) is 1.64. The van der Waals surface area contributed by atoms with Gasteiger partial charge in [-0.05, 0) is 24.3 Å². The number of carboxylic acids is 1. The van der Waals surface area contributed by atoms with Crippen molar-refractivity contribution in [3.05, 3.63) is 62.1 Å². The molecule has 21 heavy (non-hydrogen) atoms. The van der Waals surface area contributed by atoms with E-state index in [1.54, 1.807) is 0 Å². The molecule has 0 fully saturated rings. The van der Waals surface area contributed by atoms with Gasteiger partial charge in [0.05, 0.1) is 9.95 Å². The molecular weight excluding hydrogens is 321 g/mol. The number of hydrogen-bond acceptors (Lipinski definition) is 4. The minimum Gasteiger partial charge on any atom is -0.477 e. The second-order valence-electron chi connectivity index (χ2n) is 3.89. The first kappa shape index (κ1) is 15.1. The van der Waals surface area contributed by atoms with Crippen molar-refractivity contribution in [2.24, 2.45) is 0 Å². The number of para-hydroxylation sites is 1. The van der Waals surface area contributed by atoms with Crippen molar-refractivity contribution in [2.75, 3.05) is 0 Å². The third-order valence-corrected chi connectivity index (χ3v) is 3.07. The Morgan fingerprint density at radius 2 is 1.90 bits per heavy atom. The molecule has 2 rings (SSSR count). The lowest BCUT2D eigenvalue weighted by atomic mass is 10.1. The van der Waals surface area contributed by atoms with Crippen LogP contribution in [0.1, 0.15) is 10.4 Å². The average molecular weight is 328 g/mol. The zero-order chi connectivity index (χ0) is 15.6. The van der Waals surface area contributed by atoms with Crippen LogP contribution in [0.25, 0.3) is 0 Å². The summed E-state index contributed by atoms with van der Waals surface area (Å²) in [4.78, 5) is 21.3. The summed E-state index contributed by atoms with van der Waals surface area (Å²) in [5.74, 6) is -1.57. The van der Waals surface area contributed by atoms with E-state index in [2.05, 4.69) is 0 Å².